The number of likely N-dealkylation sites (tertiary alicyclic amines) is 1. The van der Waals surface area contributed by atoms with Crippen LogP contribution in [0.4, 0.5) is 4.79 Å². The van der Waals surface area contributed by atoms with Gasteiger partial charge in [-0.3, -0.25) is 9.69 Å². The summed E-state index contributed by atoms with van der Waals surface area (Å²) in [6, 6.07) is 0. The Labute approximate surface area is 101 Å². The molecule has 0 atom stereocenters. The van der Waals surface area contributed by atoms with Gasteiger partial charge in [0.1, 0.15) is 6.61 Å². The van der Waals surface area contributed by atoms with Crippen molar-refractivity contribution < 1.29 is 14.3 Å². The maximum absolute atomic E-state index is 11.8. The molecule has 0 unspecified atom stereocenters. The largest absolute Gasteiger partial charge is 0.447 e. The molecule has 6 nitrogen and oxygen atoms in total. The highest BCUT2D eigenvalue weighted by molar-refractivity contribution is 5.94. The molecule has 0 aromatic heterocycles. The fraction of sp³-hybridized carbons (Fsp3) is 0.818. The highest BCUT2D eigenvalue weighted by atomic mass is 16.6. The zero-order chi connectivity index (χ0) is 12.3. The number of ether oxygens (including phenoxy) is 1. The van der Waals surface area contributed by atoms with E-state index in [9.17, 15) is 9.59 Å². The molecule has 2 aliphatic heterocycles. The van der Waals surface area contributed by atoms with Gasteiger partial charge in [0, 0.05) is 0 Å². The number of carbonyl (C=O) groups excluding carboxylic acids is 2. The maximum Gasteiger partial charge on any atom is 0.416 e. The summed E-state index contributed by atoms with van der Waals surface area (Å²) in [5, 5.41) is 0. The van der Waals surface area contributed by atoms with Crippen molar-refractivity contribution in [3.05, 3.63) is 0 Å². The molecule has 6 heteroatoms. The molecule has 17 heavy (non-hydrogen) atoms. The second kappa shape index (κ2) is 5.46. The van der Waals surface area contributed by atoms with Crippen LogP contribution in [0.1, 0.15) is 12.8 Å². The van der Waals surface area contributed by atoms with E-state index in [1.807, 2.05) is 0 Å². The van der Waals surface area contributed by atoms with Crippen molar-refractivity contribution in [2.75, 3.05) is 39.3 Å². The second-order valence-electron chi connectivity index (χ2n) is 4.61. The van der Waals surface area contributed by atoms with E-state index in [0.717, 1.165) is 32.5 Å². The first kappa shape index (κ1) is 12.3. The third kappa shape index (κ3) is 2.95. The van der Waals surface area contributed by atoms with Crippen molar-refractivity contribution in [3.8, 4) is 0 Å². The van der Waals surface area contributed by atoms with Crippen molar-refractivity contribution in [1.29, 1.82) is 0 Å². The number of nitrogens with two attached hydrogens (primary N) is 1. The zero-order valence-corrected chi connectivity index (χ0v) is 9.93. The number of imide groups is 1. The normalized spacial score (nSPS) is 22.9. The number of nitrogens with zero attached hydrogens (tertiary/aromatic N) is 2. The van der Waals surface area contributed by atoms with Gasteiger partial charge in [-0.2, -0.15) is 0 Å². The van der Waals surface area contributed by atoms with E-state index in [2.05, 4.69) is 4.90 Å². The Morgan fingerprint density at radius 2 is 2.06 bits per heavy atom. The molecule has 2 amide bonds. The molecule has 0 radical (unpaired) electrons. The number of hydrogen-bond acceptors (Lipinski definition) is 5. The molecular formula is C11H19N3O3. The molecule has 0 aromatic carbocycles. The average Bonchev–Trinajstić information content (AvgIpc) is 2.76. The van der Waals surface area contributed by atoms with Crippen molar-refractivity contribution in [2.24, 2.45) is 11.7 Å². The van der Waals surface area contributed by atoms with Crippen molar-refractivity contribution in [1.82, 2.24) is 9.80 Å². The van der Waals surface area contributed by atoms with Crippen LogP contribution in [0.15, 0.2) is 0 Å². The van der Waals surface area contributed by atoms with E-state index in [1.54, 1.807) is 0 Å². The van der Waals surface area contributed by atoms with E-state index >= 15 is 0 Å². The zero-order valence-electron chi connectivity index (χ0n) is 9.93. The van der Waals surface area contributed by atoms with Crippen molar-refractivity contribution in [3.63, 3.8) is 0 Å². The van der Waals surface area contributed by atoms with Gasteiger partial charge in [0.05, 0.1) is 13.1 Å². The summed E-state index contributed by atoms with van der Waals surface area (Å²) in [6.45, 7) is 3.51. The molecule has 0 bridgehead atoms. The van der Waals surface area contributed by atoms with E-state index in [1.165, 1.54) is 4.90 Å². The lowest BCUT2D eigenvalue weighted by molar-refractivity contribution is -0.129. The number of hydrogen-bond donors (Lipinski definition) is 1. The molecule has 0 aromatic rings. The number of carbonyl (C=O) groups is 2. The van der Waals surface area contributed by atoms with Crippen LogP contribution in [0.2, 0.25) is 0 Å². The van der Waals surface area contributed by atoms with Crippen LogP contribution in [0, 0.1) is 5.92 Å². The predicted molar refractivity (Wildman–Crippen MR) is 61.3 cm³/mol. The molecule has 0 spiro atoms. The van der Waals surface area contributed by atoms with Crippen LogP contribution in [-0.4, -0.2) is 61.1 Å². The first-order valence-corrected chi connectivity index (χ1v) is 6.10. The van der Waals surface area contributed by atoms with Gasteiger partial charge in [-0.05, 0) is 38.4 Å². The summed E-state index contributed by atoms with van der Waals surface area (Å²) in [6.07, 6.45) is 1.56. The molecule has 2 N–H and O–H groups in total. The van der Waals surface area contributed by atoms with Crippen molar-refractivity contribution >= 4 is 12.0 Å². The second-order valence-corrected chi connectivity index (χ2v) is 4.61. The minimum Gasteiger partial charge on any atom is -0.447 e. The lowest BCUT2D eigenvalue weighted by Crippen LogP contribution is -2.44. The number of amides is 2. The Balaban J connectivity index is 1.78. The van der Waals surface area contributed by atoms with E-state index in [4.69, 9.17) is 10.5 Å². The van der Waals surface area contributed by atoms with Gasteiger partial charge in [-0.1, -0.05) is 0 Å². The van der Waals surface area contributed by atoms with E-state index < -0.39 is 6.09 Å². The van der Waals surface area contributed by atoms with Crippen LogP contribution >= 0.6 is 0 Å². The Bertz CT molecular complexity index is 300. The van der Waals surface area contributed by atoms with Crippen LogP contribution in [0.5, 0.6) is 0 Å². The quantitative estimate of drug-likeness (QED) is 0.730. The molecule has 2 fully saturated rings. The van der Waals surface area contributed by atoms with Gasteiger partial charge in [0.2, 0.25) is 5.91 Å². The SMILES string of the molecule is NCC1CCN(CC(=O)N2CCOC2=O)CC1. The summed E-state index contributed by atoms with van der Waals surface area (Å²) in [5.74, 6) is 0.428. The molecule has 2 saturated heterocycles. The molecule has 0 saturated carbocycles. The highest BCUT2D eigenvalue weighted by Gasteiger charge is 2.30. The third-order valence-corrected chi connectivity index (χ3v) is 3.46. The monoisotopic (exact) mass is 241 g/mol. The van der Waals surface area contributed by atoms with Gasteiger partial charge in [-0.15, -0.1) is 0 Å². The first-order valence-electron chi connectivity index (χ1n) is 6.10. The number of rotatable bonds is 3. The topological polar surface area (TPSA) is 75.9 Å². The Morgan fingerprint density at radius 1 is 1.35 bits per heavy atom. The molecule has 96 valence electrons. The summed E-state index contributed by atoms with van der Waals surface area (Å²) in [5.41, 5.74) is 5.61. The summed E-state index contributed by atoms with van der Waals surface area (Å²) < 4.78 is 4.74. The molecule has 2 heterocycles. The summed E-state index contributed by atoms with van der Waals surface area (Å²) in [7, 11) is 0. The van der Waals surface area contributed by atoms with Crippen LogP contribution in [0.3, 0.4) is 0 Å². The number of cyclic esters (lactones) is 1. The Hall–Kier alpha value is -1.14. The molecule has 0 aliphatic carbocycles. The minimum absolute atomic E-state index is 0.154. The fourth-order valence-electron chi connectivity index (χ4n) is 2.28. The average molecular weight is 241 g/mol. The van der Waals surface area contributed by atoms with Gasteiger partial charge in [-0.25, -0.2) is 9.69 Å². The van der Waals surface area contributed by atoms with Crippen LogP contribution in [0.25, 0.3) is 0 Å². The van der Waals surface area contributed by atoms with Crippen LogP contribution < -0.4 is 5.73 Å². The third-order valence-electron chi connectivity index (χ3n) is 3.46. The molecule has 2 rings (SSSR count). The lowest BCUT2D eigenvalue weighted by atomic mass is 9.97. The van der Waals surface area contributed by atoms with E-state index in [-0.39, 0.29) is 5.91 Å². The number of piperidine rings is 1. The molecule has 2 aliphatic rings. The Kier molecular flexibility index (Phi) is 3.96. The van der Waals surface area contributed by atoms with Gasteiger partial charge < -0.3 is 10.5 Å². The van der Waals surface area contributed by atoms with Gasteiger partial charge in [0.25, 0.3) is 0 Å². The summed E-state index contributed by atoms with van der Waals surface area (Å²) in [4.78, 5) is 26.3. The van der Waals surface area contributed by atoms with Gasteiger partial charge >= 0.3 is 6.09 Å². The highest BCUT2D eigenvalue weighted by Crippen LogP contribution is 2.16. The van der Waals surface area contributed by atoms with Crippen molar-refractivity contribution in [2.45, 2.75) is 12.8 Å². The standard InChI is InChI=1S/C11H19N3O3/c12-7-9-1-3-13(4-2-9)8-10(15)14-5-6-17-11(14)16/h9H,1-8,12H2. The minimum atomic E-state index is -0.508. The van der Waals surface area contributed by atoms with E-state index in [0.29, 0.717) is 25.6 Å². The Morgan fingerprint density at radius 3 is 2.59 bits per heavy atom. The fourth-order valence-corrected chi connectivity index (χ4v) is 2.28. The molecular weight excluding hydrogens is 222 g/mol. The first-order chi connectivity index (χ1) is 8.20. The predicted octanol–water partition coefficient (Wildman–Crippen LogP) is -0.364. The smallest absolute Gasteiger partial charge is 0.416 e. The van der Waals surface area contributed by atoms with Gasteiger partial charge in [0.15, 0.2) is 0 Å². The maximum atomic E-state index is 11.8. The lowest BCUT2D eigenvalue weighted by Gasteiger charge is -2.31. The van der Waals surface area contributed by atoms with Crippen LogP contribution in [-0.2, 0) is 9.53 Å². The summed E-state index contributed by atoms with van der Waals surface area (Å²) >= 11 is 0.